The maximum atomic E-state index is 13.2. The molecule has 6 aromatic rings. The number of nitrogens with one attached hydrogen (secondary N) is 3. The fourth-order valence-corrected chi connectivity index (χ4v) is 4.10. The lowest BCUT2D eigenvalue weighted by Crippen LogP contribution is -2.12. The highest BCUT2D eigenvalue weighted by atomic mass is 16.1. The highest BCUT2D eigenvalue weighted by Crippen LogP contribution is 2.27. The van der Waals surface area contributed by atoms with Crippen molar-refractivity contribution in [2.24, 2.45) is 0 Å². The first-order chi connectivity index (χ1) is 17.2. The van der Waals surface area contributed by atoms with E-state index in [-0.39, 0.29) is 11.7 Å². The number of hydrogen-bond donors (Lipinski definition) is 3. The molecular formula is C28H19N5O2. The first-order valence-corrected chi connectivity index (χ1v) is 11.1. The van der Waals surface area contributed by atoms with Crippen LogP contribution >= 0.6 is 0 Å². The number of aromatic amines is 2. The summed E-state index contributed by atoms with van der Waals surface area (Å²) < 4.78 is 0. The number of H-pyrrole nitrogens is 2. The molecule has 35 heavy (non-hydrogen) atoms. The molecule has 0 saturated heterocycles. The predicted octanol–water partition coefficient (Wildman–Crippen LogP) is 5.59. The van der Waals surface area contributed by atoms with Gasteiger partial charge in [0.15, 0.2) is 11.6 Å². The van der Waals surface area contributed by atoms with E-state index in [9.17, 15) is 9.59 Å². The molecule has 1 amide bonds. The summed E-state index contributed by atoms with van der Waals surface area (Å²) >= 11 is 0. The van der Waals surface area contributed by atoms with E-state index in [0.29, 0.717) is 33.9 Å². The second kappa shape index (κ2) is 8.39. The molecule has 6 rings (SSSR count). The lowest BCUT2D eigenvalue weighted by molar-refractivity contribution is 0.102. The molecule has 0 bridgehead atoms. The Labute approximate surface area is 199 Å². The summed E-state index contributed by atoms with van der Waals surface area (Å²) in [6, 6.07) is 29.1. The summed E-state index contributed by atoms with van der Waals surface area (Å²) in [6.45, 7) is 0. The van der Waals surface area contributed by atoms with Gasteiger partial charge in [0.2, 0.25) is 0 Å². The zero-order valence-electron chi connectivity index (χ0n) is 18.4. The SMILES string of the molecule is O=C(Nc1cccc(C(=O)c2ccc3c(-c4nc5ccccc5[nH]4)n[nH]c3c2)c1)c1ccccc1. The van der Waals surface area contributed by atoms with Gasteiger partial charge in [-0.2, -0.15) is 5.10 Å². The van der Waals surface area contributed by atoms with Crippen LogP contribution < -0.4 is 5.32 Å². The molecule has 168 valence electrons. The third kappa shape index (κ3) is 3.85. The number of benzene rings is 4. The molecule has 4 aromatic carbocycles. The lowest BCUT2D eigenvalue weighted by Gasteiger charge is -2.07. The Morgan fingerprint density at radius 3 is 2.34 bits per heavy atom. The van der Waals surface area contributed by atoms with E-state index >= 15 is 0 Å². The van der Waals surface area contributed by atoms with Gasteiger partial charge in [-0.1, -0.05) is 48.5 Å². The summed E-state index contributed by atoms with van der Waals surface area (Å²) in [4.78, 5) is 33.6. The van der Waals surface area contributed by atoms with Gasteiger partial charge in [0, 0.05) is 27.8 Å². The summed E-state index contributed by atoms with van der Waals surface area (Å²) in [6.07, 6.45) is 0. The molecule has 7 heteroatoms. The smallest absolute Gasteiger partial charge is 0.255 e. The van der Waals surface area contributed by atoms with E-state index < -0.39 is 0 Å². The third-order valence-corrected chi connectivity index (χ3v) is 5.86. The summed E-state index contributed by atoms with van der Waals surface area (Å²) in [7, 11) is 0. The molecule has 0 radical (unpaired) electrons. The van der Waals surface area contributed by atoms with Crippen molar-refractivity contribution in [2.75, 3.05) is 5.32 Å². The molecule has 0 aliphatic heterocycles. The summed E-state index contributed by atoms with van der Waals surface area (Å²) in [5.74, 6) is 0.285. The Kier molecular flexibility index (Phi) is 4.93. The normalized spacial score (nSPS) is 11.1. The van der Waals surface area contributed by atoms with Gasteiger partial charge in [-0.3, -0.25) is 14.7 Å². The van der Waals surface area contributed by atoms with Crippen LogP contribution in [0.3, 0.4) is 0 Å². The van der Waals surface area contributed by atoms with E-state index in [1.165, 1.54) is 0 Å². The van der Waals surface area contributed by atoms with E-state index in [0.717, 1.165) is 21.9 Å². The molecule has 2 aromatic heterocycles. The second-order valence-electron chi connectivity index (χ2n) is 8.17. The van der Waals surface area contributed by atoms with Crippen LogP contribution in [0.1, 0.15) is 26.3 Å². The molecule has 7 nitrogen and oxygen atoms in total. The topological polar surface area (TPSA) is 104 Å². The van der Waals surface area contributed by atoms with Crippen LogP contribution in [0, 0.1) is 0 Å². The van der Waals surface area contributed by atoms with Crippen molar-refractivity contribution < 1.29 is 9.59 Å². The molecular weight excluding hydrogens is 438 g/mol. The lowest BCUT2D eigenvalue weighted by atomic mass is 10.0. The average molecular weight is 457 g/mol. The molecule has 0 aliphatic carbocycles. The van der Waals surface area contributed by atoms with Crippen LogP contribution in [-0.2, 0) is 0 Å². The van der Waals surface area contributed by atoms with Crippen LogP contribution in [-0.4, -0.2) is 31.9 Å². The minimum Gasteiger partial charge on any atom is -0.337 e. The largest absolute Gasteiger partial charge is 0.337 e. The number of aromatic nitrogens is 4. The standard InChI is InChI=1S/C28H19N5O2/c34-26(18-9-6-10-20(15-18)29-28(35)17-7-2-1-3-8-17)19-13-14-21-24(16-19)32-33-25(21)27-30-22-11-4-5-12-23(22)31-27/h1-16H,(H,29,35)(H,30,31)(H,32,33). The molecule has 0 saturated carbocycles. The zero-order chi connectivity index (χ0) is 23.8. The van der Waals surface area contributed by atoms with Crippen molar-refractivity contribution in [3.63, 3.8) is 0 Å². The summed E-state index contributed by atoms with van der Waals surface area (Å²) in [5.41, 5.74) is 5.33. The van der Waals surface area contributed by atoms with Crippen molar-refractivity contribution in [3.8, 4) is 11.5 Å². The van der Waals surface area contributed by atoms with Crippen molar-refractivity contribution in [1.29, 1.82) is 0 Å². The van der Waals surface area contributed by atoms with Crippen LogP contribution in [0.5, 0.6) is 0 Å². The van der Waals surface area contributed by atoms with Gasteiger partial charge in [-0.15, -0.1) is 0 Å². The van der Waals surface area contributed by atoms with E-state index in [4.69, 9.17) is 0 Å². The van der Waals surface area contributed by atoms with Crippen LogP contribution in [0.4, 0.5) is 5.69 Å². The number of amides is 1. The Morgan fingerprint density at radius 2 is 1.49 bits per heavy atom. The average Bonchev–Trinajstić information content (AvgIpc) is 3.52. The number of carbonyl (C=O) groups excluding carboxylic acids is 2. The highest BCUT2D eigenvalue weighted by Gasteiger charge is 2.16. The number of hydrogen-bond acceptors (Lipinski definition) is 4. The molecule has 0 unspecified atom stereocenters. The van der Waals surface area contributed by atoms with Gasteiger partial charge in [0.1, 0.15) is 5.69 Å². The van der Waals surface area contributed by atoms with Gasteiger partial charge >= 0.3 is 0 Å². The number of nitrogens with zero attached hydrogens (tertiary/aromatic N) is 2. The first kappa shape index (κ1) is 20.6. The number of rotatable bonds is 5. The Hall–Kier alpha value is -5.04. The quantitative estimate of drug-likeness (QED) is 0.294. The number of para-hydroxylation sites is 2. The number of anilines is 1. The van der Waals surface area contributed by atoms with Crippen LogP contribution in [0.25, 0.3) is 33.5 Å². The van der Waals surface area contributed by atoms with Gasteiger partial charge in [-0.05, 0) is 48.5 Å². The Bertz CT molecular complexity index is 1680. The minimum absolute atomic E-state index is 0.150. The first-order valence-electron chi connectivity index (χ1n) is 11.1. The zero-order valence-corrected chi connectivity index (χ0v) is 18.4. The fourth-order valence-electron chi connectivity index (χ4n) is 4.10. The van der Waals surface area contributed by atoms with Crippen molar-refractivity contribution in [3.05, 3.63) is 114 Å². The molecule has 0 fully saturated rings. The van der Waals surface area contributed by atoms with Gasteiger partial charge in [0.05, 0.1) is 16.6 Å². The van der Waals surface area contributed by atoms with Crippen molar-refractivity contribution in [2.45, 2.75) is 0 Å². The fraction of sp³-hybridized carbons (Fsp3) is 0. The Morgan fingerprint density at radius 1 is 0.714 bits per heavy atom. The van der Waals surface area contributed by atoms with E-state index in [1.54, 1.807) is 60.7 Å². The Balaban J connectivity index is 1.27. The van der Waals surface area contributed by atoms with E-state index in [1.807, 2.05) is 36.4 Å². The van der Waals surface area contributed by atoms with Gasteiger partial charge in [0.25, 0.3) is 5.91 Å². The number of carbonyl (C=O) groups is 2. The predicted molar refractivity (Wildman–Crippen MR) is 135 cm³/mol. The van der Waals surface area contributed by atoms with Crippen LogP contribution in [0.2, 0.25) is 0 Å². The maximum absolute atomic E-state index is 13.2. The number of imidazole rings is 1. The molecule has 0 aliphatic rings. The minimum atomic E-state index is -0.229. The molecule has 3 N–H and O–H groups in total. The molecule has 0 spiro atoms. The number of fused-ring (bicyclic) bond motifs is 2. The highest BCUT2D eigenvalue weighted by molar-refractivity contribution is 6.12. The van der Waals surface area contributed by atoms with Crippen molar-refractivity contribution >= 4 is 39.3 Å². The molecule has 0 atom stereocenters. The molecule has 2 heterocycles. The van der Waals surface area contributed by atoms with Crippen LogP contribution in [0.15, 0.2) is 97.1 Å². The number of ketones is 1. The monoisotopic (exact) mass is 457 g/mol. The van der Waals surface area contributed by atoms with Crippen molar-refractivity contribution in [1.82, 2.24) is 20.2 Å². The van der Waals surface area contributed by atoms with Gasteiger partial charge < -0.3 is 10.3 Å². The third-order valence-electron chi connectivity index (χ3n) is 5.86. The maximum Gasteiger partial charge on any atom is 0.255 e. The van der Waals surface area contributed by atoms with E-state index in [2.05, 4.69) is 25.5 Å². The van der Waals surface area contributed by atoms with Gasteiger partial charge in [-0.25, -0.2) is 4.98 Å². The summed E-state index contributed by atoms with van der Waals surface area (Å²) in [5, 5.41) is 11.2. The second-order valence-corrected chi connectivity index (χ2v) is 8.17.